The predicted molar refractivity (Wildman–Crippen MR) is 59.9 cm³/mol. The number of carbonyl (C=O) groups is 1. The normalized spacial score (nSPS) is 11.6. The molecule has 5 heteroatoms. The second-order valence-electron chi connectivity index (χ2n) is 3.08. The van der Waals surface area contributed by atoms with E-state index in [1.807, 2.05) is 0 Å². The fourth-order valence-electron chi connectivity index (χ4n) is 1.06. The number of rotatable bonds is 3. The number of carbonyl (C=O) groups excluding carboxylic acids is 1. The molecule has 84 valence electrons. The molecular formula is C10H14ClNO3. The van der Waals surface area contributed by atoms with Crippen LogP contribution in [0.4, 0.5) is 0 Å². The molecule has 0 heterocycles. The number of Topliss-reactive ketones (excluding diaryl/α,β-unsaturated/α-hetero) is 1. The Labute approximate surface area is 94.3 Å². The van der Waals surface area contributed by atoms with Crippen LogP contribution in [0.1, 0.15) is 17.3 Å². The molecule has 1 atom stereocenters. The molecule has 15 heavy (non-hydrogen) atoms. The van der Waals surface area contributed by atoms with Gasteiger partial charge in [-0.25, -0.2) is 0 Å². The van der Waals surface area contributed by atoms with E-state index in [1.165, 1.54) is 18.2 Å². The van der Waals surface area contributed by atoms with Crippen molar-refractivity contribution in [3.63, 3.8) is 0 Å². The summed E-state index contributed by atoms with van der Waals surface area (Å²) in [5.74, 6) is -0.624. The summed E-state index contributed by atoms with van der Waals surface area (Å²) in [7, 11) is 1.68. The largest absolute Gasteiger partial charge is 0.504 e. The third-order valence-electron chi connectivity index (χ3n) is 2.09. The van der Waals surface area contributed by atoms with Gasteiger partial charge in [0.25, 0.3) is 0 Å². The molecule has 0 aromatic heterocycles. The summed E-state index contributed by atoms with van der Waals surface area (Å²) in [6.45, 7) is 1.73. The van der Waals surface area contributed by atoms with Crippen LogP contribution in [-0.2, 0) is 0 Å². The fraction of sp³-hybridized carbons (Fsp3) is 0.300. The molecule has 0 fully saturated rings. The highest BCUT2D eigenvalue weighted by atomic mass is 35.5. The van der Waals surface area contributed by atoms with Gasteiger partial charge in [-0.2, -0.15) is 0 Å². The zero-order valence-corrected chi connectivity index (χ0v) is 9.34. The van der Waals surface area contributed by atoms with Crippen molar-refractivity contribution >= 4 is 18.2 Å². The van der Waals surface area contributed by atoms with E-state index in [1.54, 1.807) is 14.0 Å². The first kappa shape index (κ1) is 13.7. The van der Waals surface area contributed by atoms with Gasteiger partial charge in [0.1, 0.15) is 0 Å². The Hall–Kier alpha value is -1.26. The fourth-order valence-corrected chi connectivity index (χ4v) is 1.06. The summed E-state index contributed by atoms with van der Waals surface area (Å²) in [4.78, 5) is 11.6. The van der Waals surface area contributed by atoms with Gasteiger partial charge in [-0.15, -0.1) is 12.4 Å². The van der Waals surface area contributed by atoms with E-state index in [0.29, 0.717) is 5.56 Å². The summed E-state index contributed by atoms with van der Waals surface area (Å²) >= 11 is 0. The smallest absolute Gasteiger partial charge is 0.179 e. The first-order chi connectivity index (χ1) is 6.56. The number of benzene rings is 1. The maximum absolute atomic E-state index is 11.6. The Morgan fingerprint density at radius 3 is 2.40 bits per heavy atom. The highest BCUT2D eigenvalue weighted by Gasteiger charge is 2.14. The highest BCUT2D eigenvalue weighted by molar-refractivity contribution is 6.00. The molecule has 4 nitrogen and oxygen atoms in total. The minimum absolute atomic E-state index is 0. The Morgan fingerprint density at radius 1 is 1.33 bits per heavy atom. The van der Waals surface area contributed by atoms with Crippen LogP contribution in [0, 0.1) is 0 Å². The average molecular weight is 232 g/mol. The average Bonchev–Trinajstić information content (AvgIpc) is 2.20. The summed E-state index contributed by atoms with van der Waals surface area (Å²) in [5.41, 5.74) is 0.377. The molecule has 1 aromatic carbocycles. The van der Waals surface area contributed by atoms with Gasteiger partial charge < -0.3 is 15.5 Å². The Kier molecular flexibility index (Phi) is 5.11. The second kappa shape index (κ2) is 5.58. The number of likely N-dealkylation sites (N-methyl/N-ethyl adjacent to an activating group) is 1. The molecule has 1 rings (SSSR count). The van der Waals surface area contributed by atoms with Crippen molar-refractivity contribution in [2.24, 2.45) is 0 Å². The lowest BCUT2D eigenvalue weighted by atomic mass is 10.1. The van der Waals surface area contributed by atoms with Crippen LogP contribution in [0.15, 0.2) is 18.2 Å². The Morgan fingerprint density at radius 2 is 1.93 bits per heavy atom. The maximum atomic E-state index is 11.6. The van der Waals surface area contributed by atoms with Crippen molar-refractivity contribution in [1.29, 1.82) is 0 Å². The number of phenolic OH excluding ortho intramolecular Hbond substituents is 2. The van der Waals surface area contributed by atoms with E-state index in [4.69, 9.17) is 5.11 Å². The van der Waals surface area contributed by atoms with Gasteiger partial charge in [0.15, 0.2) is 17.3 Å². The van der Waals surface area contributed by atoms with Crippen LogP contribution in [-0.4, -0.2) is 29.1 Å². The van der Waals surface area contributed by atoms with E-state index >= 15 is 0 Å². The first-order valence-electron chi connectivity index (χ1n) is 4.29. The lowest BCUT2D eigenvalue weighted by molar-refractivity contribution is 0.0954. The standard InChI is InChI=1S/C10H13NO3.ClH/c1-6(11-2)10(14)7-3-4-8(12)9(13)5-7;/h3-6,11-13H,1-2H3;1H. The molecule has 0 aliphatic carbocycles. The molecule has 0 radical (unpaired) electrons. The molecule has 0 aliphatic rings. The molecular weight excluding hydrogens is 218 g/mol. The number of ketones is 1. The van der Waals surface area contributed by atoms with E-state index in [-0.39, 0.29) is 35.7 Å². The molecule has 3 N–H and O–H groups in total. The van der Waals surface area contributed by atoms with Gasteiger partial charge in [0.2, 0.25) is 0 Å². The molecule has 1 unspecified atom stereocenters. The van der Waals surface area contributed by atoms with Crippen LogP contribution < -0.4 is 5.32 Å². The van der Waals surface area contributed by atoms with Gasteiger partial charge in [0, 0.05) is 5.56 Å². The van der Waals surface area contributed by atoms with Gasteiger partial charge in [-0.3, -0.25) is 4.79 Å². The van der Waals surface area contributed by atoms with Crippen LogP contribution in [0.3, 0.4) is 0 Å². The van der Waals surface area contributed by atoms with Crippen molar-refractivity contribution in [2.45, 2.75) is 13.0 Å². The van der Waals surface area contributed by atoms with Crippen molar-refractivity contribution in [3.05, 3.63) is 23.8 Å². The lowest BCUT2D eigenvalue weighted by Crippen LogP contribution is -2.30. The van der Waals surface area contributed by atoms with Crippen molar-refractivity contribution in [1.82, 2.24) is 5.32 Å². The van der Waals surface area contributed by atoms with Gasteiger partial charge in [0.05, 0.1) is 6.04 Å². The first-order valence-corrected chi connectivity index (χ1v) is 4.29. The van der Waals surface area contributed by atoms with Crippen LogP contribution >= 0.6 is 12.4 Å². The van der Waals surface area contributed by atoms with Gasteiger partial charge in [-0.05, 0) is 32.2 Å². The number of hydrogen-bond acceptors (Lipinski definition) is 4. The number of aromatic hydroxyl groups is 2. The monoisotopic (exact) mass is 231 g/mol. The van der Waals surface area contributed by atoms with Crippen molar-refractivity contribution in [3.8, 4) is 11.5 Å². The number of hydrogen-bond donors (Lipinski definition) is 3. The third-order valence-corrected chi connectivity index (χ3v) is 2.09. The molecule has 0 bridgehead atoms. The molecule has 0 spiro atoms. The summed E-state index contributed by atoms with van der Waals surface area (Å²) in [6, 6.07) is 3.72. The third kappa shape index (κ3) is 3.11. The maximum Gasteiger partial charge on any atom is 0.179 e. The van der Waals surface area contributed by atoms with Crippen LogP contribution in [0.25, 0.3) is 0 Å². The number of nitrogens with one attached hydrogen (secondary N) is 1. The molecule has 0 amide bonds. The summed E-state index contributed by atoms with van der Waals surface area (Å²) in [5, 5.41) is 21.0. The zero-order chi connectivity index (χ0) is 10.7. The van der Waals surface area contributed by atoms with E-state index < -0.39 is 0 Å². The SMILES string of the molecule is CNC(C)C(=O)c1ccc(O)c(O)c1.Cl. The van der Waals surface area contributed by atoms with E-state index in [2.05, 4.69) is 5.32 Å². The molecule has 0 aliphatic heterocycles. The summed E-state index contributed by atoms with van der Waals surface area (Å²) in [6.07, 6.45) is 0. The highest BCUT2D eigenvalue weighted by Crippen LogP contribution is 2.25. The van der Waals surface area contributed by atoms with Crippen LogP contribution in [0.2, 0.25) is 0 Å². The second-order valence-corrected chi connectivity index (χ2v) is 3.08. The van der Waals surface area contributed by atoms with Gasteiger partial charge >= 0.3 is 0 Å². The predicted octanol–water partition coefficient (Wildman–Crippen LogP) is 1.31. The quantitative estimate of drug-likeness (QED) is 0.542. The minimum Gasteiger partial charge on any atom is -0.504 e. The molecule has 1 aromatic rings. The Bertz CT molecular complexity index is 355. The van der Waals surface area contributed by atoms with E-state index in [0.717, 1.165) is 0 Å². The minimum atomic E-state index is -0.307. The zero-order valence-electron chi connectivity index (χ0n) is 8.52. The lowest BCUT2D eigenvalue weighted by Gasteiger charge is -2.09. The van der Waals surface area contributed by atoms with Crippen molar-refractivity contribution in [2.75, 3.05) is 7.05 Å². The molecule has 0 saturated carbocycles. The topological polar surface area (TPSA) is 69.6 Å². The van der Waals surface area contributed by atoms with Crippen molar-refractivity contribution < 1.29 is 15.0 Å². The van der Waals surface area contributed by atoms with Crippen LogP contribution in [0.5, 0.6) is 11.5 Å². The molecule has 0 saturated heterocycles. The van der Waals surface area contributed by atoms with E-state index in [9.17, 15) is 9.90 Å². The number of phenols is 2. The Balaban J connectivity index is 0.00000196. The van der Waals surface area contributed by atoms with Gasteiger partial charge in [-0.1, -0.05) is 0 Å². The number of halogens is 1. The summed E-state index contributed by atoms with van der Waals surface area (Å²) < 4.78 is 0.